The van der Waals surface area contributed by atoms with Crippen LogP contribution in [0.5, 0.6) is 23.0 Å². The highest BCUT2D eigenvalue weighted by Crippen LogP contribution is 2.36. The fraction of sp³-hybridized carbons (Fsp3) is 0.455. The summed E-state index contributed by atoms with van der Waals surface area (Å²) in [5.74, 6) is 2.41. The molecule has 5 rings (SSSR count). The Morgan fingerprint density at radius 1 is 0.875 bits per heavy atom. The summed E-state index contributed by atoms with van der Waals surface area (Å²) < 4.78 is 51.0. The predicted molar refractivity (Wildman–Crippen MR) is 117 cm³/mol. The Balaban J connectivity index is 1.37. The lowest BCUT2D eigenvalue weighted by Gasteiger charge is -2.38. The summed E-state index contributed by atoms with van der Waals surface area (Å²) in [5, 5.41) is 0. The van der Waals surface area contributed by atoms with E-state index in [0.717, 1.165) is 31.7 Å². The van der Waals surface area contributed by atoms with Crippen LogP contribution in [-0.2, 0) is 10.0 Å². The van der Waals surface area contributed by atoms with Crippen LogP contribution in [0.2, 0.25) is 0 Å². The highest BCUT2D eigenvalue weighted by molar-refractivity contribution is 7.89. The number of hydrogen-bond donors (Lipinski definition) is 1. The van der Waals surface area contributed by atoms with E-state index in [1.54, 1.807) is 12.1 Å². The SMILES string of the molecule is CN1CCN([C@H](CNS(=O)(=O)c2ccc3c(c2)OCCO3)c2ccc3c(c2)OCO3)CC1. The van der Waals surface area contributed by atoms with Gasteiger partial charge in [-0.3, -0.25) is 4.90 Å². The monoisotopic (exact) mass is 461 g/mol. The lowest BCUT2D eigenvalue weighted by Crippen LogP contribution is -2.48. The second-order valence-corrected chi connectivity index (χ2v) is 9.89. The summed E-state index contributed by atoms with van der Waals surface area (Å²) in [4.78, 5) is 4.74. The zero-order valence-electron chi connectivity index (χ0n) is 18.0. The van der Waals surface area contributed by atoms with Crippen molar-refractivity contribution in [1.29, 1.82) is 0 Å². The molecule has 0 aliphatic carbocycles. The second kappa shape index (κ2) is 8.78. The zero-order valence-corrected chi connectivity index (χ0v) is 18.8. The molecule has 0 spiro atoms. The number of ether oxygens (including phenoxy) is 4. The van der Waals surface area contributed by atoms with E-state index in [4.69, 9.17) is 18.9 Å². The topological polar surface area (TPSA) is 89.6 Å². The molecule has 0 bridgehead atoms. The van der Waals surface area contributed by atoms with Gasteiger partial charge < -0.3 is 23.8 Å². The Bertz CT molecular complexity index is 1090. The van der Waals surface area contributed by atoms with Crippen LogP contribution in [0.25, 0.3) is 0 Å². The van der Waals surface area contributed by atoms with Crippen molar-refractivity contribution >= 4 is 10.0 Å². The van der Waals surface area contributed by atoms with Gasteiger partial charge >= 0.3 is 0 Å². The third-order valence-electron chi connectivity index (χ3n) is 6.05. The molecular formula is C22H27N3O6S. The molecule has 0 unspecified atom stereocenters. The predicted octanol–water partition coefficient (Wildman–Crippen LogP) is 1.45. The van der Waals surface area contributed by atoms with Crippen LogP contribution in [0.3, 0.4) is 0 Å². The van der Waals surface area contributed by atoms with Gasteiger partial charge in [0, 0.05) is 44.8 Å². The minimum absolute atomic E-state index is 0.134. The molecule has 1 N–H and O–H groups in total. The molecule has 2 aromatic rings. The lowest BCUT2D eigenvalue weighted by atomic mass is 10.0. The van der Waals surface area contributed by atoms with Crippen molar-refractivity contribution in [2.75, 3.05) is 59.8 Å². The van der Waals surface area contributed by atoms with Gasteiger partial charge in [-0.05, 0) is 36.9 Å². The molecule has 0 amide bonds. The van der Waals surface area contributed by atoms with Crippen molar-refractivity contribution in [2.45, 2.75) is 10.9 Å². The molecule has 172 valence electrons. The molecule has 10 heteroatoms. The van der Waals surface area contributed by atoms with Crippen molar-refractivity contribution in [3.63, 3.8) is 0 Å². The van der Waals surface area contributed by atoms with E-state index in [1.807, 2.05) is 18.2 Å². The fourth-order valence-corrected chi connectivity index (χ4v) is 5.23. The van der Waals surface area contributed by atoms with Crippen molar-refractivity contribution in [2.24, 2.45) is 0 Å². The van der Waals surface area contributed by atoms with E-state index in [1.165, 1.54) is 6.07 Å². The van der Waals surface area contributed by atoms with Crippen molar-refractivity contribution < 1.29 is 27.4 Å². The molecule has 1 atom stereocenters. The standard InChI is InChI=1S/C22H27N3O6S/c1-24-6-8-25(9-7-24)18(16-2-4-20-21(12-16)31-15-30-20)14-23-32(26,27)17-3-5-19-22(13-17)29-11-10-28-19/h2-5,12-13,18,23H,6-11,14-15H2,1H3/t18-/m1/s1. The first-order chi connectivity index (χ1) is 15.5. The van der Waals surface area contributed by atoms with Gasteiger partial charge in [0.1, 0.15) is 13.2 Å². The third-order valence-corrected chi connectivity index (χ3v) is 7.47. The van der Waals surface area contributed by atoms with Gasteiger partial charge in [0.2, 0.25) is 16.8 Å². The van der Waals surface area contributed by atoms with Gasteiger partial charge in [0.15, 0.2) is 23.0 Å². The van der Waals surface area contributed by atoms with Crippen molar-refractivity contribution in [3.05, 3.63) is 42.0 Å². The first-order valence-corrected chi connectivity index (χ1v) is 12.2. The Morgan fingerprint density at radius 2 is 1.53 bits per heavy atom. The van der Waals surface area contributed by atoms with Crippen molar-refractivity contribution in [3.8, 4) is 23.0 Å². The summed E-state index contributed by atoms with van der Waals surface area (Å²) in [6.07, 6.45) is 0. The maximum absolute atomic E-state index is 13.1. The summed E-state index contributed by atoms with van der Waals surface area (Å²) in [7, 11) is -1.64. The highest BCUT2D eigenvalue weighted by Gasteiger charge is 2.28. The zero-order chi connectivity index (χ0) is 22.1. The van der Waals surface area contributed by atoms with Gasteiger partial charge in [0.25, 0.3) is 0 Å². The lowest BCUT2D eigenvalue weighted by molar-refractivity contribution is 0.112. The molecule has 2 aromatic carbocycles. The largest absolute Gasteiger partial charge is 0.486 e. The fourth-order valence-electron chi connectivity index (χ4n) is 4.17. The summed E-state index contributed by atoms with van der Waals surface area (Å²) in [5.41, 5.74) is 0.990. The molecule has 3 heterocycles. The highest BCUT2D eigenvalue weighted by atomic mass is 32.2. The maximum atomic E-state index is 13.1. The molecule has 1 fully saturated rings. The van der Waals surface area contributed by atoms with Gasteiger partial charge in [-0.15, -0.1) is 0 Å². The van der Waals surface area contributed by atoms with Crippen LogP contribution in [0, 0.1) is 0 Å². The van der Waals surface area contributed by atoms with E-state index in [0.29, 0.717) is 36.2 Å². The first kappa shape index (κ1) is 21.3. The smallest absolute Gasteiger partial charge is 0.240 e. The first-order valence-electron chi connectivity index (χ1n) is 10.7. The number of fused-ring (bicyclic) bond motifs is 2. The minimum atomic E-state index is -3.74. The molecule has 3 aliphatic heterocycles. The van der Waals surface area contributed by atoms with E-state index in [2.05, 4.69) is 21.6 Å². The maximum Gasteiger partial charge on any atom is 0.240 e. The molecule has 0 saturated carbocycles. The average Bonchev–Trinajstić information content (AvgIpc) is 3.28. The Hall–Kier alpha value is -2.53. The number of hydrogen-bond acceptors (Lipinski definition) is 8. The number of piperazine rings is 1. The van der Waals surface area contributed by atoms with Crippen LogP contribution in [0.15, 0.2) is 41.3 Å². The Morgan fingerprint density at radius 3 is 2.34 bits per heavy atom. The summed E-state index contributed by atoms with van der Waals surface area (Å²) in [6, 6.07) is 10.4. The molecule has 0 aromatic heterocycles. The second-order valence-electron chi connectivity index (χ2n) is 8.13. The van der Waals surface area contributed by atoms with Crippen LogP contribution in [-0.4, -0.2) is 78.0 Å². The van der Waals surface area contributed by atoms with E-state index >= 15 is 0 Å². The van der Waals surface area contributed by atoms with Crippen LogP contribution < -0.4 is 23.7 Å². The molecule has 3 aliphatic rings. The number of rotatable bonds is 6. The van der Waals surface area contributed by atoms with E-state index < -0.39 is 10.0 Å². The van der Waals surface area contributed by atoms with Gasteiger partial charge in [-0.1, -0.05) is 6.07 Å². The third kappa shape index (κ3) is 4.36. The van der Waals surface area contributed by atoms with E-state index in [-0.39, 0.29) is 24.3 Å². The average molecular weight is 462 g/mol. The van der Waals surface area contributed by atoms with E-state index in [9.17, 15) is 8.42 Å². The van der Waals surface area contributed by atoms with Gasteiger partial charge in [0.05, 0.1) is 4.90 Å². The molecule has 1 saturated heterocycles. The summed E-state index contributed by atoms with van der Waals surface area (Å²) >= 11 is 0. The summed E-state index contributed by atoms with van der Waals surface area (Å²) in [6.45, 7) is 4.85. The number of nitrogens with zero attached hydrogens (tertiary/aromatic N) is 2. The minimum Gasteiger partial charge on any atom is -0.486 e. The van der Waals surface area contributed by atoms with Crippen LogP contribution >= 0.6 is 0 Å². The Kier molecular flexibility index (Phi) is 5.85. The van der Waals surface area contributed by atoms with Gasteiger partial charge in [-0.2, -0.15) is 0 Å². The molecular weight excluding hydrogens is 434 g/mol. The normalized spacial score (nSPS) is 19.7. The number of benzene rings is 2. The van der Waals surface area contributed by atoms with Crippen molar-refractivity contribution in [1.82, 2.24) is 14.5 Å². The number of sulfonamides is 1. The van der Waals surface area contributed by atoms with Gasteiger partial charge in [-0.25, -0.2) is 13.1 Å². The molecule has 32 heavy (non-hydrogen) atoms. The Labute approximate surface area is 187 Å². The van der Waals surface area contributed by atoms with Crippen LogP contribution in [0.4, 0.5) is 0 Å². The number of likely N-dealkylation sites (N-methyl/N-ethyl adjacent to an activating group) is 1. The molecule has 0 radical (unpaired) electrons. The molecule has 9 nitrogen and oxygen atoms in total. The van der Waals surface area contributed by atoms with Crippen LogP contribution in [0.1, 0.15) is 11.6 Å². The quantitative estimate of drug-likeness (QED) is 0.692. The number of nitrogens with one attached hydrogen (secondary N) is 1.